The first-order valence-electron chi connectivity index (χ1n) is 7.31. The minimum absolute atomic E-state index is 0.0737. The van der Waals surface area contributed by atoms with Gasteiger partial charge in [-0.1, -0.05) is 38.2 Å². The summed E-state index contributed by atoms with van der Waals surface area (Å²) in [6.45, 7) is 5.99. The molecule has 0 saturated carbocycles. The lowest BCUT2D eigenvalue weighted by Gasteiger charge is -2.12. The highest BCUT2D eigenvalue weighted by Crippen LogP contribution is 2.25. The maximum Gasteiger partial charge on any atom is 0.341 e. The predicted molar refractivity (Wildman–Crippen MR) is 89.4 cm³/mol. The molecule has 0 aliphatic carbocycles. The third-order valence-corrected chi connectivity index (χ3v) is 4.32. The number of carboxylic acid groups (broad SMARTS) is 1. The number of nitrogens with one attached hydrogen (secondary N) is 1. The summed E-state index contributed by atoms with van der Waals surface area (Å²) in [5.41, 5.74) is 0.314. The molecule has 128 valence electrons. The number of carbonyl (C=O) groups is 2. The minimum atomic E-state index is -1.07. The Bertz CT molecular complexity index is 737. The van der Waals surface area contributed by atoms with E-state index in [9.17, 15) is 9.59 Å². The van der Waals surface area contributed by atoms with Crippen molar-refractivity contribution < 1.29 is 19.4 Å². The first kappa shape index (κ1) is 17.9. The number of benzene rings is 1. The van der Waals surface area contributed by atoms with E-state index >= 15 is 0 Å². The standard InChI is InChI=1S/C16H19N3O4S/c1-16(2,3)15-19-18-12(24-15)8-17-14(22)10-5-4-6-11(7-10)23-9-13(20)21/h4-7H,8-9H2,1-3H3,(H,17,22)(H,20,21). The molecule has 0 spiro atoms. The monoisotopic (exact) mass is 349 g/mol. The van der Waals surface area contributed by atoms with Gasteiger partial charge in [0.1, 0.15) is 15.8 Å². The molecule has 2 rings (SSSR count). The van der Waals surface area contributed by atoms with Crippen LogP contribution in [0.25, 0.3) is 0 Å². The highest BCUT2D eigenvalue weighted by Gasteiger charge is 2.19. The molecule has 7 nitrogen and oxygen atoms in total. The van der Waals surface area contributed by atoms with Crippen LogP contribution < -0.4 is 10.1 Å². The fourth-order valence-corrected chi connectivity index (χ4v) is 2.60. The summed E-state index contributed by atoms with van der Waals surface area (Å²) in [5.74, 6) is -1.03. The quantitative estimate of drug-likeness (QED) is 0.829. The summed E-state index contributed by atoms with van der Waals surface area (Å²) in [5, 5.41) is 21.2. The molecule has 0 bridgehead atoms. The Balaban J connectivity index is 1.96. The van der Waals surface area contributed by atoms with Crippen molar-refractivity contribution in [2.75, 3.05) is 6.61 Å². The number of aliphatic carboxylic acids is 1. The molecular weight excluding hydrogens is 330 g/mol. The molecular formula is C16H19N3O4S. The SMILES string of the molecule is CC(C)(C)c1nnc(CNC(=O)c2cccc(OCC(=O)O)c2)s1. The van der Waals surface area contributed by atoms with Gasteiger partial charge in [0, 0.05) is 11.0 Å². The van der Waals surface area contributed by atoms with E-state index in [-0.39, 0.29) is 17.9 Å². The van der Waals surface area contributed by atoms with Crippen LogP contribution in [-0.2, 0) is 16.8 Å². The number of rotatable bonds is 6. The van der Waals surface area contributed by atoms with Crippen LogP contribution in [0.1, 0.15) is 41.1 Å². The minimum Gasteiger partial charge on any atom is -0.482 e. The van der Waals surface area contributed by atoms with Gasteiger partial charge in [0.05, 0.1) is 6.54 Å². The second kappa shape index (κ2) is 7.39. The van der Waals surface area contributed by atoms with Gasteiger partial charge in [-0.05, 0) is 18.2 Å². The predicted octanol–water partition coefficient (Wildman–Crippen LogP) is 2.23. The zero-order chi connectivity index (χ0) is 17.7. The highest BCUT2D eigenvalue weighted by atomic mass is 32.1. The molecule has 1 aromatic heterocycles. The van der Waals surface area contributed by atoms with Crippen LogP contribution in [0.15, 0.2) is 24.3 Å². The Morgan fingerprint density at radius 1 is 1.29 bits per heavy atom. The summed E-state index contributed by atoms with van der Waals surface area (Å²) in [7, 11) is 0. The van der Waals surface area contributed by atoms with Crippen molar-refractivity contribution in [3.8, 4) is 5.75 Å². The molecule has 2 aromatic rings. The third-order valence-electron chi connectivity index (χ3n) is 2.97. The smallest absolute Gasteiger partial charge is 0.341 e. The number of carbonyl (C=O) groups excluding carboxylic acids is 1. The van der Waals surface area contributed by atoms with Crippen molar-refractivity contribution in [2.24, 2.45) is 0 Å². The van der Waals surface area contributed by atoms with Crippen LogP contribution in [0.5, 0.6) is 5.75 Å². The van der Waals surface area contributed by atoms with Crippen LogP contribution in [0.2, 0.25) is 0 Å². The molecule has 0 aliphatic heterocycles. The number of amides is 1. The molecule has 0 saturated heterocycles. The van der Waals surface area contributed by atoms with Crippen molar-refractivity contribution in [3.63, 3.8) is 0 Å². The Hall–Kier alpha value is -2.48. The largest absolute Gasteiger partial charge is 0.482 e. The van der Waals surface area contributed by atoms with Crippen molar-refractivity contribution in [1.29, 1.82) is 0 Å². The summed E-state index contributed by atoms with van der Waals surface area (Å²) < 4.78 is 5.06. The van der Waals surface area contributed by atoms with Crippen molar-refractivity contribution in [2.45, 2.75) is 32.7 Å². The Kier molecular flexibility index (Phi) is 5.50. The molecule has 0 radical (unpaired) electrons. The van der Waals surface area contributed by atoms with E-state index in [1.807, 2.05) is 0 Å². The molecule has 0 aliphatic rings. The van der Waals surface area contributed by atoms with Gasteiger partial charge < -0.3 is 15.2 Å². The van der Waals surface area contributed by atoms with Crippen LogP contribution in [0, 0.1) is 0 Å². The van der Waals surface area contributed by atoms with Crippen LogP contribution >= 0.6 is 11.3 Å². The maximum absolute atomic E-state index is 12.2. The van der Waals surface area contributed by atoms with E-state index in [1.165, 1.54) is 17.4 Å². The van der Waals surface area contributed by atoms with Crippen LogP contribution in [0.3, 0.4) is 0 Å². The Morgan fingerprint density at radius 2 is 2.04 bits per heavy atom. The van der Waals surface area contributed by atoms with Crippen molar-refractivity contribution in [1.82, 2.24) is 15.5 Å². The average molecular weight is 349 g/mol. The first-order chi connectivity index (χ1) is 11.3. The highest BCUT2D eigenvalue weighted by molar-refractivity contribution is 7.11. The van der Waals surface area contributed by atoms with E-state index in [4.69, 9.17) is 9.84 Å². The van der Waals surface area contributed by atoms with Gasteiger partial charge in [0.25, 0.3) is 5.91 Å². The molecule has 2 N–H and O–H groups in total. The molecule has 0 unspecified atom stereocenters. The molecule has 1 aromatic carbocycles. The number of carboxylic acids is 1. The molecule has 0 fully saturated rings. The molecule has 8 heteroatoms. The zero-order valence-corrected chi connectivity index (χ0v) is 14.5. The number of ether oxygens (including phenoxy) is 1. The summed E-state index contributed by atoms with van der Waals surface area (Å²) in [6, 6.07) is 6.36. The normalized spacial score (nSPS) is 11.1. The van der Waals surface area contributed by atoms with E-state index in [1.54, 1.807) is 18.2 Å². The fraction of sp³-hybridized carbons (Fsp3) is 0.375. The Labute approximate surface area is 143 Å². The lowest BCUT2D eigenvalue weighted by molar-refractivity contribution is -0.139. The van der Waals surface area contributed by atoms with E-state index in [2.05, 4.69) is 36.3 Å². The number of aromatic nitrogens is 2. The van der Waals surface area contributed by atoms with E-state index in [0.29, 0.717) is 11.3 Å². The second-order valence-electron chi connectivity index (χ2n) is 6.14. The number of hydrogen-bond acceptors (Lipinski definition) is 6. The number of nitrogens with zero attached hydrogens (tertiary/aromatic N) is 2. The topological polar surface area (TPSA) is 101 Å². The van der Waals surface area contributed by atoms with Crippen LogP contribution in [0.4, 0.5) is 0 Å². The summed E-state index contributed by atoms with van der Waals surface area (Å²) >= 11 is 1.46. The number of hydrogen-bond donors (Lipinski definition) is 2. The van der Waals surface area contributed by atoms with Crippen molar-refractivity contribution in [3.05, 3.63) is 39.8 Å². The van der Waals surface area contributed by atoms with Gasteiger partial charge in [-0.3, -0.25) is 4.79 Å². The van der Waals surface area contributed by atoms with E-state index in [0.717, 1.165) is 10.0 Å². The van der Waals surface area contributed by atoms with Gasteiger partial charge in [-0.2, -0.15) is 0 Å². The lowest BCUT2D eigenvalue weighted by Crippen LogP contribution is -2.22. The first-order valence-corrected chi connectivity index (χ1v) is 8.13. The van der Waals surface area contributed by atoms with Crippen molar-refractivity contribution >= 4 is 23.2 Å². The van der Waals surface area contributed by atoms with E-state index < -0.39 is 12.6 Å². The second-order valence-corrected chi connectivity index (χ2v) is 7.21. The van der Waals surface area contributed by atoms with Gasteiger partial charge >= 0.3 is 5.97 Å². The molecule has 0 atom stereocenters. The van der Waals surface area contributed by atoms with Crippen LogP contribution in [-0.4, -0.2) is 33.8 Å². The summed E-state index contributed by atoms with van der Waals surface area (Å²) in [4.78, 5) is 22.7. The lowest BCUT2D eigenvalue weighted by atomic mass is 9.98. The fourth-order valence-electron chi connectivity index (χ4n) is 1.76. The average Bonchev–Trinajstić information content (AvgIpc) is 3.00. The third kappa shape index (κ3) is 5.02. The Morgan fingerprint density at radius 3 is 2.67 bits per heavy atom. The summed E-state index contributed by atoms with van der Waals surface area (Å²) in [6.07, 6.45) is 0. The molecule has 1 amide bonds. The van der Waals surface area contributed by atoms with Gasteiger partial charge in [-0.25, -0.2) is 4.79 Å². The molecule has 24 heavy (non-hydrogen) atoms. The van der Waals surface area contributed by atoms with Gasteiger partial charge in [-0.15, -0.1) is 10.2 Å². The maximum atomic E-state index is 12.2. The van der Waals surface area contributed by atoms with Gasteiger partial charge in [0.15, 0.2) is 6.61 Å². The zero-order valence-electron chi connectivity index (χ0n) is 13.7. The van der Waals surface area contributed by atoms with Gasteiger partial charge in [0.2, 0.25) is 0 Å². The molecule has 1 heterocycles.